The van der Waals surface area contributed by atoms with E-state index < -0.39 is 45.4 Å². The first-order chi connectivity index (χ1) is 19.2. The maximum Gasteiger partial charge on any atom is 0.184 e. The van der Waals surface area contributed by atoms with E-state index in [1.807, 2.05) is 6.92 Å². The molecule has 0 amide bonds. The molecule has 33 heavy (non-hydrogen) atoms. The number of allylic oxidation sites excluding steroid dienone is 2. The summed E-state index contributed by atoms with van der Waals surface area (Å²) >= 11 is 0. The SMILES string of the molecule is [2H]C([2H])([2H])[Si](OCC(=NOC)[C@@]1(O)CCC2C3CCC4=CC(=NOC)CC[C@]4(C)C3CC[C@@]21C)(C([2H])([2H])[2H])C([2H])([2H])[2H]. The van der Waals surface area contributed by atoms with Crippen LogP contribution in [0.1, 0.15) is 77.6 Å². The third-order valence-corrected chi connectivity index (χ3v) is 10.0. The fourth-order valence-corrected chi connectivity index (χ4v) is 8.11. The highest BCUT2D eigenvalue weighted by Gasteiger charge is 2.65. The van der Waals surface area contributed by atoms with Crippen molar-refractivity contribution in [1.29, 1.82) is 0 Å². The molecule has 0 bridgehead atoms. The molecule has 0 radical (unpaired) electrons. The number of hydrogen-bond acceptors (Lipinski definition) is 6. The minimum absolute atomic E-state index is 0.0224. The number of fused-ring (bicyclic) bond motifs is 5. The summed E-state index contributed by atoms with van der Waals surface area (Å²) in [5, 5.41) is 20.6. The van der Waals surface area contributed by atoms with Crippen molar-refractivity contribution < 1.29 is 31.5 Å². The molecule has 0 saturated heterocycles. The van der Waals surface area contributed by atoms with Gasteiger partial charge in [0.2, 0.25) is 0 Å². The zero-order chi connectivity index (χ0) is 31.6. The summed E-state index contributed by atoms with van der Waals surface area (Å²) in [4.78, 5) is 10.1. The topological polar surface area (TPSA) is 72.6 Å². The van der Waals surface area contributed by atoms with Crippen molar-refractivity contribution in [2.24, 2.45) is 38.9 Å². The second-order valence-corrected chi connectivity index (χ2v) is 12.5. The van der Waals surface area contributed by atoms with E-state index in [0.717, 1.165) is 37.8 Å². The van der Waals surface area contributed by atoms with Crippen LogP contribution in [0.5, 0.6) is 0 Å². The molecule has 4 aliphatic rings. The highest BCUT2D eigenvalue weighted by atomic mass is 28.4. The number of nitrogens with zero attached hydrogens (tertiary/aromatic N) is 2. The molecule has 0 aromatic heterocycles. The Balaban J connectivity index is 1.66. The minimum Gasteiger partial charge on any atom is -0.412 e. The van der Waals surface area contributed by atoms with Crippen LogP contribution in [0.4, 0.5) is 0 Å². The molecule has 186 valence electrons. The third-order valence-electron chi connectivity index (χ3n) is 9.44. The fourth-order valence-electron chi connectivity index (χ4n) is 7.76. The summed E-state index contributed by atoms with van der Waals surface area (Å²) in [6.45, 7) is -6.55. The largest absolute Gasteiger partial charge is 0.412 e. The van der Waals surface area contributed by atoms with Gasteiger partial charge in [-0.15, -0.1) is 0 Å². The van der Waals surface area contributed by atoms with E-state index in [0.29, 0.717) is 31.1 Å². The molecule has 3 fully saturated rings. The van der Waals surface area contributed by atoms with Gasteiger partial charge in [0.25, 0.3) is 0 Å². The lowest BCUT2D eigenvalue weighted by Gasteiger charge is -2.59. The summed E-state index contributed by atoms with van der Waals surface area (Å²) < 4.78 is 77.3. The van der Waals surface area contributed by atoms with E-state index in [9.17, 15) is 5.11 Å². The lowest BCUT2D eigenvalue weighted by atomic mass is 9.46. The standard InChI is InChI=1S/C26H44N2O4Si/c1-24-13-10-19(27-30-3)16-18(24)8-9-20-21(24)11-14-25(2)22(20)12-15-26(25,29)23(28-31-4)17-32-33(5,6)7/h16,20-22,29H,8-15,17H2,1-7H3/t20?,21?,22?,24-,25-,26-/m0/s1/i5D3,6D3,7D3. The van der Waals surface area contributed by atoms with Crippen LogP contribution in [0.25, 0.3) is 0 Å². The number of hydrogen-bond donors (Lipinski definition) is 1. The zero-order valence-electron chi connectivity index (χ0n) is 29.2. The van der Waals surface area contributed by atoms with E-state index in [1.165, 1.54) is 12.7 Å². The summed E-state index contributed by atoms with van der Waals surface area (Å²) in [5.41, 5.74) is 0.0776. The quantitative estimate of drug-likeness (QED) is 0.305. The Hall–Kier alpha value is -1.18. The molecule has 6 atom stereocenters. The monoisotopic (exact) mass is 485 g/mol. The molecule has 0 aromatic rings. The number of rotatable bonds is 6. The molecule has 6 nitrogen and oxygen atoms in total. The maximum absolute atomic E-state index is 12.4. The molecular weight excluding hydrogens is 432 g/mol. The Morgan fingerprint density at radius 3 is 2.55 bits per heavy atom. The van der Waals surface area contributed by atoms with Gasteiger partial charge in [-0.05, 0) is 100 Å². The summed E-state index contributed by atoms with van der Waals surface area (Å²) in [6.07, 6.45) is 8.43. The van der Waals surface area contributed by atoms with Gasteiger partial charge in [-0.1, -0.05) is 29.7 Å². The van der Waals surface area contributed by atoms with Gasteiger partial charge in [0, 0.05) is 17.8 Å². The highest BCUT2D eigenvalue weighted by Crippen LogP contribution is 2.67. The van der Waals surface area contributed by atoms with Crippen LogP contribution in [0.15, 0.2) is 22.0 Å². The van der Waals surface area contributed by atoms with Crippen molar-refractivity contribution in [3.63, 3.8) is 0 Å². The molecule has 0 aromatic carbocycles. The summed E-state index contributed by atoms with van der Waals surface area (Å²) in [6, 6.07) is 0. The Bertz CT molecular complexity index is 1100. The Morgan fingerprint density at radius 2 is 1.85 bits per heavy atom. The molecule has 3 saturated carbocycles. The lowest BCUT2D eigenvalue weighted by molar-refractivity contribution is -0.0965. The molecule has 4 rings (SSSR count). The van der Waals surface area contributed by atoms with Crippen molar-refractivity contribution in [2.45, 2.75) is 90.2 Å². The first-order valence-corrected chi connectivity index (χ1v) is 13.9. The minimum atomic E-state index is -5.49. The van der Waals surface area contributed by atoms with Gasteiger partial charge < -0.3 is 19.2 Å². The molecule has 1 N–H and O–H groups in total. The van der Waals surface area contributed by atoms with E-state index in [4.69, 9.17) is 26.4 Å². The second kappa shape index (κ2) is 8.79. The molecule has 3 unspecified atom stereocenters. The van der Waals surface area contributed by atoms with Crippen molar-refractivity contribution in [2.75, 3.05) is 20.8 Å². The van der Waals surface area contributed by atoms with Gasteiger partial charge in [-0.25, -0.2) is 0 Å². The molecule has 7 heteroatoms. The second-order valence-electron chi connectivity index (χ2n) is 10.8. The normalized spacial score (nSPS) is 47.5. The van der Waals surface area contributed by atoms with Crippen LogP contribution in [0, 0.1) is 28.6 Å². The Kier molecular flexibility index (Phi) is 4.19. The zero-order valence-corrected chi connectivity index (χ0v) is 21.2. The molecule has 0 spiro atoms. The van der Waals surface area contributed by atoms with Crippen molar-refractivity contribution in [3.05, 3.63) is 11.6 Å². The van der Waals surface area contributed by atoms with Crippen molar-refractivity contribution in [1.82, 2.24) is 0 Å². The van der Waals surface area contributed by atoms with E-state index in [1.54, 1.807) is 7.11 Å². The van der Waals surface area contributed by atoms with E-state index in [2.05, 4.69) is 23.3 Å². The smallest absolute Gasteiger partial charge is 0.184 e. The highest BCUT2D eigenvalue weighted by molar-refractivity contribution is 6.69. The fraction of sp³-hybridized carbons (Fsp3) is 0.846. The molecular formula is C26H44N2O4Si. The number of aliphatic hydroxyl groups is 1. The van der Waals surface area contributed by atoms with E-state index in [-0.39, 0.29) is 17.0 Å². The van der Waals surface area contributed by atoms with Crippen molar-refractivity contribution in [3.8, 4) is 0 Å². The first kappa shape index (κ1) is 15.7. The van der Waals surface area contributed by atoms with Gasteiger partial charge in [0.15, 0.2) is 8.32 Å². The van der Waals surface area contributed by atoms with Crippen LogP contribution >= 0.6 is 0 Å². The van der Waals surface area contributed by atoms with Gasteiger partial charge in [-0.3, -0.25) is 0 Å². The summed E-state index contributed by atoms with van der Waals surface area (Å²) in [5.74, 6) is 0.888. The third kappa shape index (κ3) is 4.12. The van der Waals surface area contributed by atoms with Crippen LogP contribution in [0.3, 0.4) is 0 Å². The summed E-state index contributed by atoms with van der Waals surface area (Å²) in [7, 11) is -2.65. The molecule has 4 aliphatic carbocycles. The van der Waals surface area contributed by atoms with Crippen molar-refractivity contribution >= 4 is 19.7 Å². The predicted molar refractivity (Wildman–Crippen MR) is 135 cm³/mol. The average molecular weight is 486 g/mol. The van der Waals surface area contributed by atoms with E-state index >= 15 is 0 Å². The first-order valence-electron chi connectivity index (χ1n) is 16.5. The van der Waals surface area contributed by atoms with Gasteiger partial charge in [-0.2, -0.15) is 0 Å². The maximum atomic E-state index is 12.4. The van der Waals surface area contributed by atoms with Gasteiger partial charge >= 0.3 is 0 Å². The van der Waals surface area contributed by atoms with Gasteiger partial charge in [0.05, 0.1) is 12.3 Å². The average Bonchev–Trinajstić information content (AvgIpc) is 3.13. The van der Waals surface area contributed by atoms with Crippen LogP contribution in [0.2, 0.25) is 19.4 Å². The van der Waals surface area contributed by atoms with Crippen LogP contribution in [-0.4, -0.2) is 51.3 Å². The number of oxime groups is 2. The molecule has 0 heterocycles. The van der Waals surface area contributed by atoms with Crippen LogP contribution < -0.4 is 0 Å². The lowest BCUT2D eigenvalue weighted by Crippen LogP contribution is -2.58. The Labute approximate surface area is 213 Å². The predicted octanol–water partition coefficient (Wildman–Crippen LogP) is 5.54. The Morgan fingerprint density at radius 1 is 1.09 bits per heavy atom. The van der Waals surface area contributed by atoms with Gasteiger partial charge in [0.1, 0.15) is 25.5 Å². The molecule has 0 aliphatic heterocycles. The van der Waals surface area contributed by atoms with Crippen LogP contribution in [-0.2, 0) is 14.1 Å².